The molecule has 0 aliphatic heterocycles. The van der Waals surface area contributed by atoms with Gasteiger partial charge in [0.05, 0.1) is 0 Å². The molecule has 0 saturated heterocycles. The van der Waals surface area contributed by atoms with Crippen LogP contribution in [0.1, 0.15) is 15.9 Å². The lowest BCUT2D eigenvalue weighted by Gasteiger charge is -2.10. The molecule has 0 saturated carbocycles. The third kappa shape index (κ3) is 3.69. The fraction of sp³-hybridized carbons (Fsp3) is 0. The number of phenols is 4. The summed E-state index contributed by atoms with van der Waals surface area (Å²) in [5.41, 5.74) is 3.06. The van der Waals surface area contributed by atoms with E-state index in [0.29, 0.717) is 22.3 Å². The Balaban J connectivity index is 1.63. The lowest BCUT2D eigenvalue weighted by atomic mass is 9.96. The zero-order valence-corrected chi connectivity index (χ0v) is 15.8. The van der Waals surface area contributed by atoms with E-state index >= 15 is 0 Å². The number of phenolic OH excluding ortho intramolecular Hbond substituents is 4. The first-order valence-corrected chi connectivity index (χ1v) is 9.22. The maximum absolute atomic E-state index is 12.8. The average molecular weight is 398 g/mol. The molecule has 148 valence electrons. The fourth-order valence-corrected chi connectivity index (χ4v) is 3.28. The molecule has 4 aromatic rings. The Morgan fingerprint density at radius 2 is 0.867 bits per heavy atom. The van der Waals surface area contributed by atoms with Crippen molar-refractivity contribution in [2.24, 2.45) is 0 Å². The number of carbonyl (C=O) groups is 1. The van der Waals surface area contributed by atoms with Gasteiger partial charge in [-0.1, -0.05) is 36.4 Å². The molecular weight excluding hydrogens is 380 g/mol. The van der Waals surface area contributed by atoms with Gasteiger partial charge in [0, 0.05) is 22.3 Å². The van der Waals surface area contributed by atoms with Crippen LogP contribution in [0.3, 0.4) is 0 Å². The molecule has 0 bridgehead atoms. The lowest BCUT2D eigenvalue weighted by molar-refractivity contribution is 0.103. The van der Waals surface area contributed by atoms with Crippen LogP contribution in [0.4, 0.5) is 0 Å². The van der Waals surface area contributed by atoms with Gasteiger partial charge in [0.15, 0.2) is 5.78 Å². The number of ketones is 1. The van der Waals surface area contributed by atoms with Crippen molar-refractivity contribution in [1.82, 2.24) is 0 Å². The minimum atomic E-state index is -0.338. The van der Waals surface area contributed by atoms with Gasteiger partial charge in [0.25, 0.3) is 0 Å². The molecule has 0 amide bonds. The van der Waals surface area contributed by atoms with Gasteiger partial charge in [-0.2, -0.15) is 0 Å². The van der Waals surface area contributed by atoms with Crippen molar-refractivity contribution >= 4 is 5.78 Å². The van der Waals surface area contributed by atoms with Crippen molar-refractivity contribution in [2.45, 2.75) is 0 Å². The Bertz CT molecular complexity index is 1130. The standard InChI is InChI=1S/C25H18O5/c26-19-7-1-15(2-8-19)21-11-5-17(13-23(21)28)25(30)18-6-12-22(24(29)14-18)16-3-9-20(27)10-4-16/h1-14,26-29H. The molecular formula is C25H18O5. The number of carbonyl (C=O) groups excluding carboxylic acids is 1. The lowest BCUT2D eigenvalue weighted by Crippen LogP contribution is -2.01. The van der Waals surface area contributed by atoms with Crippen molar-refractivity contribution in [3.05, 3.63) is 96.1 Å². The van der Waals surface area contributed by atoms with E-state index in [4.69, 9.17) is 0 Å². The molecule has 0 fully saturated rings. The molecule has 5 heteroatoms. The summed E-state index contributed by atoms with van der Waals surface area (Å²) in [6, 6.07) is 22.0. The zero-order valence-electron chi connectivity index (χ0n) is 15.8. The predicted octanol–water partition coefficient (Wildman–Crippen LogP) is 5.07. The molecule has 0 aliphatic carbocycles. The van der Waals surface area contributed by atoms with E-state index in [1.807, 2.05) is 0 Å². The highest BCUT2D eigenvalue weighted by Gasteiger charge is 2.15. The fourth-order valence-electron chi connectivity index (χ4n) is 3.28. The Morgan fingerprint density at radius 3 is 1.20 bits per heavy atom. The first-order valence-electron chi connectivity index (χ1n) is 9.22. The van der Waals surface area contributed by atoms with Crippen LogP contribution in [-0.2, 0) is 0 Å². The summed E-state index contributed by atoms with van der Waals surface area (Å²) < 4.78 is 0. The summed E-state index contributed by atoms with van der Waals surface area (Å²) in [7, 11) is 0. The van der Waals surface area contributed by atoms with Gasteiger partial charge in [0.1, 0.15) is 23.0 Å². The summed E-state index contributed by atoms with van der Waals surface area (Å²) >= 11 is 0. The summed E-state index contributed by atoms with van der Waals surface area (Å²) in [5, 5.41) is 39.6. The minimum Gasteiger partial charge on any atom is -0.508 e. The molecule has 0 aromatic heterocycles. The van der Waals surface area contributed by atoms with E-state index in [-0.39, 0.29) is 39.9 Å². The first-order chi connectivity index (χ1) is 14.4. The molecule has 5 nitrogen and oxygen atoms in total. The molecule has 4 N–H and O–H groups in total. The Morgan fingerprint density at radius 1 is 0.500 bits per heavy atom. The number of hydrogen-bond donors (Lipinski definition) is 4. The summed E-state index contributed by atoms with van der Waals surface area (Å²) in [4.78, 5) is 12.8. The van der Waals surface area contributed by atoms with E-state index in [1.165, 1.54) is 36.4 Å². The number of aromatic hydroxyl groups is 4. The van der Waals surface area contributed by atoms with Crippen LogP contribution in [0.25, 0.3) is 22.3 Å². The molecule has 0 unspecified atom stereocenters. The topological polar surface area (TPSA) is 98.0 Å². The number of benzene rings is 4. The molecule has 0 aliphatic rings. The van der Waals surface area contributed by atoms with Gasteiger partial charge < -0.3 is 20.4 Å². The molecule has 30 heavy (non-hydrogen) atoms. The Kier molecular flexibility index (Phi) is 4.86. The van der Waals surface area contributed by atoms with Crippen molar-refractivity contribution in [3.8, 4) is 45.3 Å². The molecule has 0 spiro atoms. The quantitative estimate of drug-likeness (QED) is 0.360. The molecule has 0 atom stereocenters. The van der Waals surface area contributed by atoms with Gasteiger partial charge in [-0.05, 0) is 59.7 Å². The monoisotopic (exact) mass is 398 g/mol. The van der Waals surface area contributed by atoms with E-state index in [0.717, 1.165) is 0 Å². The maximum Gasteiger partial charge on any atom is 0.193 e. The van der Waals surface area contributed by atoms with Crippen LogP contribution in [0.2, 0.25) is 0 Å². The Labute approximate surface area is 172 Å². The summed E-state index contributed by atoms with van der Waals surface area (Å²) in [6.07, 6.45) is 0. The van der Waals surface area contributed by atoms with E-state index in [1.54, 1.807) is 48.5 Å². The molecule has 0 radical (unpaired) electrons. The van der Waals surface area contributed by atoms with Gasteiger partial charge in [-0.25, -0.2) is 0 Å². The van der Waals surface area contributed by atoms with Gasteiger partial charge >= 0.3 is 0 Å². The van der Waals surface area contributed by atoms with E-state index in [9.17, 15) is 25.2 Å². The number of hydrogen-bond acceptors (Lipinski definition) is 5. The van der Waals surface area contributed by atoms with Crippen LogP contribution >= 0.6 is 0 Å². The van der Waals surface area contributed by atoms with Crippen molar-refractivity contribution < 1.29 is 25.2 Å². The second-order valence-electron chi connectivity index (χ2n) is 6.89. The van der Waals surface area contributed by atoms with E-state index in [2.05, 4.69) is 0 Å². The minimum absolute atomic E-state index is 0.0588. The smallest absolute Gasteiger partial charge is 0.193 e. The second-order valence-corrected chi connectivity index (χ2v) is 6.89. The highest BCUT2D eigenvalue weighted by molar-refractivity contribution is 6.10. The van der Waals surface area contributed by atoms with Crippen LogP contribution in [0.5, 0.6) is 23.0 Å². The van der Waals surface area contributed by atoms with Gasteiger partial charge in [0.2, 0.25) is 0 Å². The van der Waals surface area contributed by atoms with Gasteiger partial charge in [-0.3, -0.25) is 4.79 Å². The predicted molar refractivity (Wildman–Crippen MR) is 114 cm³/mol. The molecule has 4 aromatic carbocycles. The van der Waals surface area contributed by atoms with Gasteiger partial charge in [-0.15, -0.1) is 0 Å². The van der Waals surface area contributed by atoms with Crippen LogP contribution < -0.4 is 0 Å². The van der Waals surface area contributed by atoms with Crippen LogP contribution in [0.15, 0.2) is 84.9 Å². The van der Waals surface area contributed by atoms with Crippen molar-refractivity contribution in [2.75, 3.05) is 0 Å². The van der Waals surface area contributed by atoms with Crippen molar-refractivity contribution in [1.29, 1.82) is 0 Å². The molecule has 4 rings (SSSR count). The highest BCUT2D eigenvalue weighted by atomic mass is 16.3. The first kappa shape index (κ1) is 19.1. The third-order valence-electron chi connectivity index (χ3n) is 4.88. The highest BCUT2D eigenvalue weighted by Crippen LogP contribution is 2.34. The number of rotatable bonds is 4. The normalized spacial score (nSPS) is 10.7. The molecule has 0 heterocycles. The SMILES string of the molecule is O=C(c1ccc(-c2ccc(O)cc2)c(O)c1)c1ccc(-c2ccc(O)cc2)c(O)c1. The zero-order chi connectivity index (χ0) is 21.3. The second kappa shape index (κ2) is 7.64. The average Bonchev–Trinajstić information content (AvgIpc) is 2.74. The summed E-state index contributed by atoms with van der Waals surface area (Å²) in [6.45, 7) is 0. The van der Waals surface area contributed by atoms with E-state index < -0.39 is 0 Å². The third-order valence-corrected chi connectivity index (χ3v) is 4.88. The largest absolute Gasteiger partial charge is 0.508 e. The van der Waals surface area contributed by atoms with Crippen molar-refractivity contribution in [3.63, 3.8) is 0 Å². The Hall–Kier alpha value is -4.25. The maximum atomic E-state index is 12.8. The van der Waals surface area contributed by atoms with Crippen LogP contribution in [0, 0.1) is 0 Å². The summed E-state index contributed by atoms with van der Waals surface area (Å²) in [5.74, 6) is -0.204. The van der Waals surface area contributed by atoms with Crippen LogP contribution in [-0.4, -0.2) is 26.2 Å².